The molecule has 10 heteroatoms. The highest BCUT2D eigenvalue weighted by atomic mass is 35.5. The highest BCUT2D eigenvalue weighted by molar-refractivity contribution is 7.89. The van der Waals surface area contributed by atoms with Gasteiger partial charge in [-0.25, -0.2) is 8.42 Å². The number of nitrogens with one attached hydrogen (secondary N) is 2. The lowest BCUT2D eigenvalue weighted by atomic mass is 10.1. The molecule has 2 aromatic rings. The van der Waals surface area contributed by atoms with Crippen molar-refractivity contribution in [2.45, 2.75) is 15.4 Å². The van der Waals surface area contributed by atoms with Crippen molar-refractivity contribution < 1.29 is 8.42 Å². The molecule has 0 radical (unpaired) electrons. The maximum absolute atomic E-state index is 12.6. The number of alkyl halides is 2. The van der Waals surface area contributed by atoms with E-state index in [9.17, 15) is 8.42 Å². The zero-order chi connectivity index (χ0) is 18.7. The Bertz CT molecular complexity index is 844. The number of hydrogen-bond acceptors (Lipinski definition) is 3. The molecule has 5 nitrogen and oxygen atoms in total. The van der Waals surface area contributed by atoms with Gasteiger partial charge in [-0.3, -0.25) is 0 Å². The van der Waals surface area contributed by atoms with Gasteiger partial charge in [0, 0.05) is 5.02 Å². The van der Waals surface area contributed by atoms with E-state index in [0.29, 0.717) is 10.6 Å². The van der Waals surface area contributed by atoms with Crippen molar-refractivity contribution in [1.29, 1.82) is 0 Å². The number of rotatable bonds is 6. The van der Waals surface area contributed by atoms with E-state index in [1.165, 1.54) is 24.3 Å². The fourth-order valence-corrected chi connectivity index (χ4v) is 4.02. The molecule has 0 aliphatic rings. The summed E-state index contributed by atoms with van der Waals surface area (Å²) in [6, 6.07) is 14.2. The lowest BCUT2D eigenvalue weighted by Gasteiger charge is -2.31. The molecule has 0 fully saturated rings. The van der Waals surface area contributed by atoms with Crippen molar-refractivity contribution >= 4 is 62.2 Å². The van der Waals surface area contributed by atoms with Crippen LogP contribution in [0.4, 0.5) is 0 Å². The highest BCUT2D eigenvalue weighted by Gasteiger charge is 2.40. The SMILES string of the molecule is NC(=S)NC(NS(=O)(=O)c1ccc(Cl)cc1)C(Cl)(Cl)c1ccccc1. The third-order valence-electron chi connectivity index (χ3n) is 3.20. The largest absolute Gasteiger partial charge is 0.376 e. The lowest BCUT2D eigenvalue weighted by molar-refractivity contribution is 0.498. The first-order valence-electron chi connectivity index (χ1n) is 6.90. The summed E-state index contributed by atoms with van der Waals surface area (Å²) >= 11 is 23.5. The van der Waals surface area contributed by atoms with E-state index in [1.807, 2.05) is 0 Å². The molecular formula is C15H14Cl3N3O2S2. The second-order valence-electron chi connectivity index (χ2n) is 5.01. The first kappa shape index (κ1) is 20.2. The van der Waals surface area contributed by atoms with E-state index in [0.717, 1.165) is 0 Å². The molecule has 134 valence electrons. The van der Waals surface area contributed by atoms with Crippen LogP contribution in [0.5, 0.6) is 0 Å². The van der Waals surface area contributed by atoms with Gasteiger partial charge in [0.15, 0.2) is 9.45 Å². The van der Waals surface area contributed by atoms with Crippen LogP contribution in [0.1, 0.15) is 5.56 Å². The predicted octanol–water partition coefficient (Wildman–Crippen LogP) is 3.11. The van der Waals surface area contributed by atoms with Crippen LogP contribution in [0.15, 0.2) is 59.5 Å². The Morgan fingerprint density at radius 1 is 1.08 bits per heavy atom. The monoisotopic (exact) mass is 437 g/mol. The minimum Gasteiger partial charge on any atom is -0.376 e. The maximum Gasteiger partial charge on any atom is 0.242 e. The van der Waals surface area contributed by atoms with Gasteiger partial charge in [0.25, 0.3) is 0 Å². The molecule has 1 atom stereocenters. The van der Waals surface area contributed by atoms with Crippen LogP contribution in [0.2, 0.25) is 5.02 Å². The second kappa shape index (κ2) is 8.07. The zero-order valence-electron chi connectivity index (χ0n) is 12.6. The standard InChI is InChI=1S/C15H14Cl3N3O2S2/c16-11-6-8-12(9-7-11)25(22,23)21-13(20-14(19)24)15(17,18)10-4-2-1-3-5-10/h1-9,13,21H,(H3,19,20,24). The number of benzene rings is 2. The van der Waals surface area contributed by atoms with Crippen LogP contribution in [-0.4, -0.2) is 19.7 Å². The summed E-state index contributed by atoms with van der Waals surface area (Å²) in [6.45, 7) is 0. The molecule has 0 aliphatic carbocycles. The van der Waals surface area contributed by atoms with E-state index in [2.05, 4.69) is 10.0 Å². The topological polar surface area (TPSA) is 84.2 Å². The van der Waals surface area contributed by atoms with E-state index in [1.54, 1.807) is 30.3 Å². The van der Waals surface area contributed by atoms with E-state index in [4.69, 9.17) is 52.8 Å². The Morgan fingerprint density at radius 2 is 1.64 bits per heavy atom. The van der Waals surface area contributed by atoms with Crippen LogP contribution in [-0.2, 0) is 14.4 Å². The van der Waals surface area contributed by atoms with Crippen molar-refractivity contribution in [2.24, 2.45) is 5.73 Å². The summed E-state index contributed by atoms with van der Waals surface area (Å²) in [6.07, 6.45) is -1.21. The fourth-order valence-electron chi connectivity index (χ4n) is 2.00. The van der Waals surface area contributed by atoms with Gasteiger partial charge in [-0.05, 0) is 42.0 Å². The molecule has 0 saturated carbocycles. The molecule has 0 spiro atoms. The molecule has 2 aromatic carbocycles. The molecule has 0 bridgehead atoms. The Labute approximate surface area is 166 Å². The molecular weight excluding hydrogens is 425 g/mol. The van der Waals surface area contributed by atoms with Gasteiger partial charge >= 0.3 is 0 Å². The molecule has 1 unspecified atom stereocenters. The minimum absolute atomic E-state index is 0.0103. The summed E-state index contributed by atoms with van der Waals surface area (Å²) < 4.78 is 25.9. The minimum atomic E-state index is -3.97. The van der Waals surface area contributed by atoms with Gasteiger partial charge in [0.05, 0.1) is 4.90 Å². The van der Waals surface area contributed by atoms with Crippen molar-refractivity contribution in [1.82, 2.24) is 10.0 Å². The number of sulfonamides is 1. The van der Waals surface area contributed by atoms with E-state index < -0.39 is 20.5 Å². The summed E-state index contributed by atoms with van der Waals surface area (Å²) in [4.78, 5) is -0.0103. The van der Waals surface area contributed by atoms with Crippen molar-refractivity contribution in [3.8, 4) is 0 Å². The summed E-state index contributed by atoms with van der Waals surface area (Å²) in [5.41, 5.74) is 5.96. The third-order valence-corrected chi connectivity index (χ3v) is 5.89. The van der Waals surface area contributed by atoms with Crippen molar-refractivity contribution in [3.05, 3.63) is 65.2 Å². The molecule has 4 N–H and O–H groups in total. The van der Waals surface area contributed by atoms with Crippen LogP contribution < -0.4 is 15.8 Å². The van der Waals surface area contributed by atoms with Crippen LogP contribution in [0, 0.1) is 0 Å². The van der Waals surface area contributed by atoms with Crippen molar-refractivity contribution in [2.75, 3.05) is 0 Å². The molecule has 25 heavy (non-hydrogen) atoms. The quantitative estimate of drug-likeness (QED) is 0.367. The lowest BCUT2D eigenvalue weighted by Crippen LogP contribution is -2.56. The Kier molecular flexibility index (Phi) is 6.53. The summed E-state index contributed by atoms with van der Waals surface area (Å²) in [7, 11) is -3.97. The maximum atomic E-state index is 12.6. The van der Waals surface area contributed by atoms with Crippen LogP contribution in [0.3, 0.4) is 0 Å². The van der Waals surface area contributed by atoms with Gasteiger partial charge in [0.2, 0.25) is 10.0 Å². The first-order chi connectivity index (χ1) is 11.6. The Hall–Kier alpha value is -1.09. The third kappa shape index (κ3) is 5.20. The van der Waals surface area contributed by atoms with E-state index >= 15 is 0 Å². The van der Waals surface area contributed by atoms with E-state index in [-0.39, 0.29) is 10.0 Å². The van der Waals surface area contributed by atoms with Gasteiger partial charge in [0.1, 0.15) is 6.17 Å². The van der Waals surface area contributed by atoms with Crippen molar-refractivity contribution in [3.63, 3.8) is 0 Å². The normalized spacial score (nSPS) is 13.2. The number of hydrogen-bond donors (Lipinski definition) is 3. The van der Waals surface area contributed by atoms with Crippen LogP contribution >= 0.6 is 47.0 Å². The molecule has 2 rings (SSSR count). The Balaban J connectivity index is 2.38. The molecule has 0 saturated heterocycles. The predicted molar refractivity (Wildman–Crippen MR) is 105 cm³/mol. The summed E-state index contributed by atoms with van der Waals surface area (Å²) in [5.74, 6) is 0. The fraction of sp³-hybridized carbons (Fsp3) is 0.133. The Morgan fingerprint density at radius 3 is 2.16 bits per heavy atom. The average molecular weight is 439 g/mol. The van der Waals surface area contributed by atoms with Crippen LogP contribution in [0.25, 0.3) is 0 Å². The van der Waals surface area contributed by atoms with Gasteiger partial charge in [-0.15, -0.1) is 0 Å². The van der Waals surface area contributed by atoms with Gasteiger partial charge in [-0.1, -0.05) is 65.1 Å². The van der Waals surface area contributed by atoms with Gasteiger partial charge in [-0.2, -0.15) is 4.72 Å². The molecule has 0 heterocycles. The zero-order valence-corrected chi connectivity index (χ0v) is 16.5. The number of halogens is 3. The molecule has 0 aliphatic heterocycles. The molecule has 0 aromatic heterocycles. The smallest absolute Gasteiger partial charge is 0.242 e. The number of thiocarbonyl (C=S) groups is 1. The molecule has 0 amide bonds. The van der Waals surface area contributed by atoms with Gasteiger partial charge < -0.3 is 11.1 Å². The second-order valence-corrected chi connectivity index (χ2v) is 8.98. The average Bonchev–Trinajstić information content (AvgIpc) is 2.55. The first-order valence-corrected chi connectivity index (χ1v) is 9.92. The highest BCUT2D eigenvalue weighted by Crippen LogP contribution is 2.37. The number of nitrogens with two attached hydrogens (primary N) is 1. The summed E-state index contributed by atoms with van der Waals surface area (Å²) in [5, 5.41) is 2.83.